The summed E-state index contributed by atoms with van der Waals surface area (Å²) in [7, 11) is 0. The monoisotopic (exact) mass is 345 g/mol. The number of hydrogen-bond donors (Lipinski definition) is 1. The number of halogens is 1. The summed E-state index contributed by atoms with van der Waals surface area (Å²) in [5.41, 5.74) is 0.614. The lowest BCUT2D eigenvalue weighted by molar-refractivity contribution is -0.133. The number of ether oxygens (including phenoxy) is 1. The summed E-state index contributed by atoms with van der Waals surface area (Å²) in [6.45, 7) is 1.84. The second kappa shape index (κ2) is 7.83. The molecule has 0 unspecified atom stereocenters. The van der Waals surface area contributed by atoms with Crippen LogP contribution in [0.15, 0.2) is 42.7 Å². The quantitative estimate of drug-likeness (QED) is 0.921. The van der Waals surface area contributed by atoms with Gasteiger partial charge in [0.05, 0.1) is 5.56 Å². The van der Waals surface area contributed by atoms with E-state index in [2.05, 4.69) is 4.98 Å². The van der Waals surface area contributed by atoms with Gasteiger partial charge in [-0.2, -0.15) is 0 Å². The molecule has 1 fully saturated rings. The highest BCUT2D eigenvalue weighted by molar-refractivity contribution is 5.94. The third-order valence-electron chi connectivity index (χ3n) is 4.17. The molecule has 0 aliphatic carbocycles. The third kappa shape index (κ3) is 4.17. The van der Waals surface area contributed by atoms with E-state index in [9.17, 15) is 14.0 Å². The van der Waals surface area contributed by atoms with E-state index in [1.54, 1.807) is 40.4 Å². The standard InChI is InChI=1S/C18H20FN3O3/c19-15-4-1-2-5-16(15)25-13-17(23)21-8-3-9-22(11-10-21)18(24)14-6-7-20-12-14/h1-2,4-7,12,20H,3,8-11,13H2. The van der Waals surface area contributed by atoms with Gasteiger partial charge in [0.2, 0.25) is 0 Å². The minimum atomic E-state index is -0.491. The van der Waals surface area contributed by atoms with E-state index in [1.807, 2.05) is 0 Å². The van der Waals surface area contributed by atoms with Gasteiger partial charge in [-0.05, 0) is 24.6 Å². The number of nitrogens with zero attached hydrogens (tertiary/aromatic N) is 2. The van der Waals surface area contributed by atoms with Crippen molar-refractivity contribution in [2.75, 3.05) is 32.8 Å². The van der Waals surface area contributed by atoms with Crippen LogP contribution in [0.4, 0.5) is 4.39 Å². The Morgan fingerprint density at radius 3 is 2.60 bits per heavy atom. The van der Waals surface area contributed by atoms with Gasteiger partial charge in [0, 0.05) is 38.6 Å². The average Bonchev–Trinajstić information content (AvgIpc) is 3.04. The molecule has 1 aromatic carbocycles. The van der Waals surface area contributed by atoms with Crippen LogP contribution in [0.2, 0.25) is 0 Å². The first-order valence-corrected chi connectivity index (χ1v) is 8.22. The molecule has 1 saturated heterocycles. The molecule has 1 N–H and O–H groups in total. The number of carbonyl (C=O) groups excluding carboxylic acids is 2. The highest BCUT2D eigenvalue weighted by Crippen LogP contribution is 2.15. The van der Waals surface area contributed by atoms with Crippen molar-refractivity contribution in [2.24, 2.45) is 0 Å². The Kier molecular flexibility index (Phi) is 5.33. The summed E-state index contributed by atoms with van der Waals surface area (Å²) < 4.78 is 18.8. The molecule has 3 rings (SSSR count). The second-order valence-electron chi connectivity index (χ2n) is 5.85. The van der Waals surface area contributed by atoms with Crippen molar-refractivity contribution in [3.05, 3.63) is 54.1 Å². The molecule has 7 heteroatoms. The summed E-state index contributed by atoms with van der Waals surface area (Å²) in [5.74, 6) is -0.679. The van der Waals surface area contributed by atoms with Crippen molar-refractivity contribution in [1.29, 1.82) is 0 Å². The summed E-state index contributed by atoms with van der Waals surface area (Å²) in [5, 5.41) is 0. The highest BCUT2D eigenvalue weighted by Gasteiger charge is 2.23. The van der Waals surface area contributed by atoms with Crippen molar-refractivity contribution < 1.29 is 18.7 Å². The Bertz CT molecular complexity index is 733. The van der Waals surface area contributed by atoms with Gasteiger partial charge < -0.3 is 19.5 Å². The number of aromatic nitrogens is 1. The van der Waals surface area contributed by atoms with Crippen molar-refractivity contribution in [1.82, 2.24) is 14.8 Å². The SMILES string of the molecule is O=C(COc1ccccc1F)N1CCCN(C(=O)c2cc[nH]c2)CC1. The number of para-hydroxylation sites is 1. The molecule has 132 valence electrons. The topological polar surface area (TPSA) is 65.6 Å². The first-order chi connectivity index (χ1) is 12.1. The maximum Gasteiger partial charge on any atom is 0.260 e. The number of benzene rings is 1. The Hall–Kier alpha value is -2.83. The van der Waals surface area contributed by atoms with Crippen LogP contribution >= 0.6 is 0 Å². The lowest BCUT2D eigenvalue weighted by Gasteiger charge is -2.22. The molecule has 0 spiro atoms. The third-order valence-corrected chi connectivity index (χ3v) is 4.17. The zero-order valence-electron chi connectivity index (χ0n) is 13.8. The zero-order chi connectivity index (χ0) is 17.6. The van der Waals surface area contributed by atoms with Gasteiger partial charge in [-0.3, -0.25) is 9.59 Å². The molecule has 2 heterocycles. The van der Waals surface area contributed by atoms with Crippen LogP contribution in [0.3, 0.4) is 0 Å². The van der Waals surface area contributed by atoms with Crippen LogP contribution in [0.5, 0.6) is 5.75 Å². The van der Waals surface area contributed by atoms with Crippen molar-refractivity contribution in [2.45, 2.75) is 6.42 Å². The van der Waals surface area contributed by atoms with Gasteiger partial charge >= 0.3 is 0 Å². The van der Waals surface area contributed by atoms with Crippen LogP contribution in [0.1, 0.15) is 16.8 Å². The molecule has 2 amide bonds. The molecule has 2 aromatic rings. The molecule has 1 aromatic heterocycles. The number of hydrogen-bond acceptors (Lipinski definition) is 3. The molecule has 1 aliphatic rings. The fourth-order valence-corrected chi connectivity index (χ4v) is 2.80. The Balaban J connectivity index is 1.53. The van der Waals surface area contributed by atoms with Crippen molar-refractivity contribution in [3.63, 3.8) is 0 Å². The van der Waals surface area contributed by atoms with Gasteiger partial charge in [0.15, 0.2) is 18.2 Å². The van der Waals surface area contributed by atoms with E-state index < -0.39 is 5.82 Å². The molecular weight excluding hydrogens is 325 g/mol. The Morgan fingerprint density at radius 1 is 1.08 bits per heavy atom. The van der Waals surface area contributed by atoms with E-state index in [1.165, 1.54) is 12.1 Å². The normalized spacial score (nSPS) is 14.9. The minimum absolute atomic E-state index is 0.0434. The number of aromatic amines is 1. The van der Waals surface area contributed by atoms with Gasteiger partial charge in [0.25, 0.3) is 11.8 Å². The van der Waals surface area contributed by atoms with E-state index in [0.29, 0.717) is 38.2 Å². The van der Waals surface area contributed by atoms with Gasteiger partial charge in [-0.15, -0.1) is 0 Å². The maximum absolute atomic E-state index is 13.5. The summed E-state index contributed by atoms with van der Waals surface area (Å²) in [4.78, 5) is 31.0. The van der Waals surface area contributed by atoms with Crippen LogP contribution in [-0.2, 0) is 4.79 Å². The van der Waals surface area contributed by atoms with Crippen molar-refractivity contribution >= 4 is 11.8 Å². The van der Waals surface area contributed by atoms with Crippen LogP contribution < -0.4 is 4.74 Å². The average molecular weight is 345 g/mol. The first kappa shape index (κ1) is 17.0. The smallest absolute Gasteiger partial charge is 0.260 e. The number of H-pyrrole nitrogens is 1. The van der Waals surface area contributed by atoms with Gasteiger partial charge in [-0.25, -0.2) is 4.39 Å². The van der Waals surface area contributed by atoms with E-state index in [0.717, 1.165) is 0 Å². The highest BCUT2D eigenvalue weighted by atomic mass is 19.1. The van der Waals surface area contributed by atoms with Crippen molar-refractivity contribution in [3.8, 4) is 5.75 Å². The van der Waals surface area contributed by atoms with Crippen LogP contribution in [0.25, 0.3) is 0 Å². The van der Waals surface area contributed by atoms with Crippen LogP contribution in [-0.4, -0.2) is 59.4 Å². The predicted octanol–water partition coefficient (Wildman–Crippen LogP) is 1.91. The molecule has 6 nitrogen and oxygen atoms in total. The number of carbonyl (C=O) groups is 2. The zero-order valence-corrected chi connectivity index (χ0v) is 13.8. The number of rotatable bonds is 4. The fourth-order valence-electron chi connectivity index (χ4n) is 2.80. The van der Waals surface area contributed by atoms with E-state index in [4.69, 9.17) is 4.74 Å². The largest absolute Gasteiger partial charge is 0.481 e. The van der Waals surface area contributed by atoms with Gasteiger partial charge in [-0.1, -0.05) is 12.1 Å². The minimum Gasteiger partial charge on any atom is -0.481 e. The van der Waals surface area contributed by atoms with Crippen LogP contribution in [0, 0.1) is 5.82 Å². The number of amides is 2. The summed E-state index contributed by atoms with van der Waals surface area (Å²) in [6, 6.07) is 7.73. The maximum atomic E-state index is 13.5. The summed E-state index contributed by atoms with van der Waals surface area (Å²) >= 11 is 0. The lowest BCUT2D eigenvalue weighted by Crippen LogP contribution is -2.39. The first-order valence-electron chi connectivity index (χ1n) is 8.22. The molecular formula is C18H20FN3O3. The molecule has 0 radical (unpaired) electrons. The lowest BCUT2D eigenvalue weighted by atomic mass is 10.3. The van der Waals surface area contributed by atoms with E-state index in [-0.39, 0.29) is 24.2 Å². The van der Waals surface area contributed by atoms with E-state index >= 15 is 0 Å². The fraction of sp³-hybridized carbons (Fsp3) is 0.333. The Labute approximate surface area is 145 Å². The molecule has 25 heavy (non-hydrogen) atoms. The molecule has 0 bridgehead atoms. The number of nitrogens with one attached hydrogen (secondary N) is 1. The second-order valence-corrected chi connectivity index (χ2v) is 5.85. The molecule has 0 atom stereocenters. The summed E-state index contributed by atoms with van der Waals surface area (Å²) in [6.07, 6.45) is 4.07. The molecule has 1 aliphatic heterocycles. The molecule has 0 saturated carbocycles. The van der Waals surface area contributed by atoms with Gasteiger partial charge in [0.1, 0.15) is 0 Å². The Morgan fingerprint density at radius 2 is 1.84 bits per heavy atom. The predicted molar refractivity (Wildman–Crippen MR) is 89.8 cm³/mol.